The first kappa shape index (κ1) is 39.5. The number of rotatable bonds is 11. The Kier molecular flexibility index (Phi) is 14.8. The molecule has 1 saturated heterocycles. The lowest BCUT2D eigenvalue weighted by atomic mass is 9.77. The lowest BCUT2D eigenvalue weighted by molar-refractivity contribution is -0.145. The van der Waals surface area contributed by atoms with Gasteiger partial charge < -0.3 is 23.3 Å². The van der Waals surface area contributed by atoms with Crippen LogP contribution in [0.25, 0.3) is 0 Å². The number of carbonyl (C=O) groups is 2. The highest BCUT2D eigenvalue weighted by atomic mass is 32.2. The van der Waals surface area contributed by atoms with Crippen molar-refractivity contribution in [3.05, 3.63) is 59.7 Å². The van der Waals surface area contributed by atoms with Crippen molar-refractivity contribution in [1.29, 1.82) is 0 Å². The van der Waals surface area contributed by atoms with E-state index in [4.69, 9.17) is 14.2 Å². The number of halogens is 3. The Balaban J connectivity index is 0.000000225. The largest absolute Gasteiger partial charge is 0.534 e. The van der Waals surface area contributed by atoms with E-state index in [0.29, 0.717) is 37.9 Å². The maximum absolute atomic E-state index is 12.3. The summed E-state index contributed by atoms with van der Waals surface area (Å²) < 4.78 is 78.5. The van der Waals surface area contributed by atoms with E-state index in [1.165, 1.54) is 36.2 Å². The Labute approximate surface area is 293 Å². The van der Waals surface area contributed by atoms with Gasteiger partial charge in [-0.1, -0.05) is 24.3 Å². The third kappa shape index (κ3) is 11.9. The second-order valence-corrected chi connectivity index (χ2v) is 14.7. The summed E-state index contributed by atoms with van der Waals surface area (Å²) in [5, 5.41) is 0. The van der Waals surface area contributed by atoms with Crippen LogP contribution in [0.4, 0.5) is 18.9 Å². The SMILES string of the molecule is CCOC(=O)CC1CCC(c2ccc(N3CCOCC3)cc2)CC1.CCOC(=O)CC1CCC(c2ccc(OS(=O)(=O)C(F)(F)F)cc2)CC1. The fourth-order valence-corrected chi connectivity index (χ4v) is 7.52. The smallest absolute Gasteiger partial charge is 0.466 e. The first-order valence-electron chi connectivity index (χ1n) is 17.7. The number of anilines is 1. The molecule has 278 valence electrons. The molecule has 0 aromatic heterocycles. The first-order chi connectivity index (χ1) is 23.9. The Morgan fingerprint density at radius 2 is 1.14 bits per heavy atom. The quantitative estimate of drug-likeness (QED) is 0.130. The molecule has 1 aliphatic heterocycles. The monoisotopic (exact) mass is 725 g/mol. The van der Waals surface area contributed by atoms with E-state index in [-0.39, 0.29) is 29.5 Å². The molecular formula is C37H50F3NO8S. The number of ether oxygens (including phenoxy) is 3. The number of morpholine rings is 1. The molecule has 0 bridgehead atoms. The van der Waals surface area contributed by atoms with E-state index < -0.39 is 15.6 Å². The molecule has 0 amide bonds. The maximum atomic E-state index is 12.3. The van der Waals surface area contributed by atoms with E-state index >= 15 is 0 Å². The minimum Gasteiger partial charge on any atom is -0.466 e. The second kappa shape index (κ2) is 18.8. The van der Waals surface area contributed by atoms with Crippen molar-refractivity contribution in [2.75, 3.05) is 44.4 Å². The Morgan fingerprint density at radius 3 is 1.54 bits per heavy atom. The van der Waals surface area contributed by atoms with Crippen molar-refractivity contribution in [3.63, 3.8) is 0 Å². The normalized spacial score (nSPS) is 22.9. The minimum absolute atomic E-state index is 0.0317. The lowest BCUT2D eigenvalue weighted by Crippen LogP contribution is -2.36. The van der Waals surface area contributed by atoms with Crippen molar-refractivity contribution in [2.45, 2.75) is 95.4 Å². The van der Waals surface area contributed by atoms with Crippen LogP contribution in [0.3, 0.4) is 0 Å². The highest BCUT2D eigenvalue weighted by Gasteiger charge is 2.48. The van der Waals surface area contributed by atoms with Gasteiger partial charge >= 0.3 is 27.6 Å². The van der Waals surface area contributed by atoms with E-state index in [9.17, 15) is 31.2 Å². The number of esters is 2. The summed E-state index contributed by atoms with van der Waals surface area (Å²) in [6.07, 6.45) is 9.06. The predicted molar refractivity (Wildman–Crippen MR) is 183 cm³/mol. The fraction of sp³-hybridized carbons (Fsp3) is 0.622. The van der Waals surface area contributed by atoms with Gasteiger partial charge in [-0.15, -0.1) is 0 Å². The zero-order valence-corrected chi connectivity index (χ0v) is 29.8. The number of alkyl halides is 3. The van der Waals surface area contributed by atoms with Crippen molar-refractivity contribution >= 4 is 27.7 Å². The Morgan fingerprint density at radius 1 is 0.720 bits per heavy atom. The summed E-state index contributed by atoms with van der Waals surface area (Å²) >= 11 is 0. The molecule has 0 atom stereocenters. The minimum atomic E-state index is -5.66. The number of carbonyl (C=O) groups excluding carboxylic acids is 2. The number of benzene rings is 2. The highest BCUT2D eigenvalue weighted by Crippen LogP contribution is 2.39. The molecule has 9 nitrogen and oxygen atoms in total. The van der Waals surface area contributed by atoms with E-state index in [1.807, 2.05) is 6.92 Å². The van der Waals surface area contributed by atoms with Crippen molar-refractivity contribution in [2.24, 2.45) is 11.8 Å². The zero-order chi connectivity index (χ0) is 36.1. The molecular weight excluding hydrogens is 675 g/mol. The molecule has 2 saturated carbocycles. The van der Waals surface area contributed by atoms with Gasteiger partial charge in [-0.05, 0) is 124 Å². The number of nitrogens with zero attached hydrogens (tertiary/aromatic N) is 1. The third-order valence-electron chi connectivity index (χ3n) is 9.80. The Hall–Kier alpha value is -3.32. The van der Waals surface area contributed by atoms with E-state index in [0.717, 1.165) is 70.4 Å². The van der Waals surface area contributed by atoms with Gasteiger partial charge in [-0.25, -0.2) is 0 Å². The van der Waals surface area contributed by atoms with Gasteiger partial charge in [0.2, 0.25) is 0 Å². The van der Waals surface area contributed by atoms with E-state index in [1.54, 1.807) is 19.1 Å². The topological polar surface area (TPSA) is 108 Å². The third-order valence-corrected chi connectivity index (χ3v) is 10.8. The van der Waals surface area contributed by atoms with Crippen LogP contribution >= 0.6 is 0 Å². The van der Waals surface area contributed by atoms with Gasteiger partial charge in [0.25, 0.3) is 0 Å². The van der Waals surface area contributed by atoms with Crippen LogP contribution in [-0.4, -0.2) is 65.4 Å². The van der Waals surface area contributed by atoms with Gasteiger partial charge in [-0.2, -0.15) is 21.6 Å². The van der Waals surface area contributed by atoms with Gasteiger partial charge in [-0.3, -0.25) is 9.59 Å². The molecule has 0 unspecified atom stereocenters. The molecule has 3 fully saturated rings. The molecule has 0 N–H and O–H groups in total. The molecule has 13 heteroatoms. The summed E-state index contributed by atoms with van der Waals surface area (Å²) in [7, 11) is -5.66. The van der Waals surface area contributed by atoms with Gasteiger partial charge in [0.15, 0.2) is 0 Å². The van der Waals surface area contributed by atoms with Crippen LogP contribution in [0.5, 0.6) is 5.75 Å². The van der Waals surface area contributed by atoms with Crippen LogP contribution in [-0.2, 0) is 33.9 Å². The van der Waals surface area contributed by atoms with E-state index in [2.05, 4.69) is 33.3 Å². The number of hydrogen-bond donors (Lipinski definition) is 0. The summed E-state index contributed by atoms with van der Waals surface area (Å²) in [4.78, 5) is 25.5. The van der Waals surface area contributed by atoms with Gasteiger partial charge in [0, 0.05) is 31.6 Å². The van der Waals surface area contributed by atoms with Crippen LogP contribution in [0, 0.1) is 11.8 Å². The van der Waals surface area contributed by atoms with Crippen molar-refractivity contribution < 1.29 is 49.6 Å². The average Bonchev–Trinajstić information content (AvgIpc) is 3.10. The summed E-state index contributed by atoms with van der Waals surface area (Å²) in [5.74, 6) is 1.06. The van der Waals surface area contributed by atoms with Gasteiger partial charge in [0.05, 0.1) is 26.4 Å². The summed E-state index contributed by atoms with van der Waals surface area (Å²) in [6.45, 7) is 8.11. The van der Waals surface area contributed by atoms with Crippen LogP contribution in [0.15, 0.2) is 48.5 Å². The van der Waals surface area contributed by atoms with Crippen molar-refractivity contribution in [1.82, 2.24) is 0 Å². The molecule has 2 aromatic rings. The molecule has 0 radical (unpaired) electrons. The number of hydrogen-bond acceptors (Lipinski definition) is 9. The second-order valence-electron chi connectivity index (χ2n) is 13.2. The van der Waals surface area contributed by atoms with Crippen LogP contribution < -0.4 is 9.08 Å². The molecule has 3 aliphatic rings. The standard InChI is InChI=1S/C20H29NO3.C17H21F3O5S/c1-2-24-20(22)15-16-3-5-17(6-4-16)18-7-9-19(10-8-18)21-11-13-23-14-12-21;1-2-24-16(21)11-12-3-5-13(6-4-12)14-7-9-15(10-8-14)25-26(22,23)17(18,19)20/h7-10,16-17H,2-6,11-15H2,1H3;7-10,12-13H,2-6,11H2,1H3. The zero-order valence-electron chi connectivity index (χ0n) is 29.0. The first-order valence-corrected chi connectivity index (χ1v) is 19.1. The summed E-state index contributed by atoms with van der Waals surface area (Å²) in [6, 6.07) is 14.7. The summed E-state index contributed by atoms with van der Waals surface area (Å²) in [5.41, 5.74) is -1.79. The van der Waals surface area contributed by atoms with Crippen LogP contribution in [0.1, 0.15) is 101 Å². The molecule has 2 aliphatic carbocycles. The highest BCUT2D eigenvalue weighted by molar-refractivity contribution is 7.88. The molecule has 2 aromatic carbocycles. The molecule has 1 heterocycles. The van der Waals surface area contributed by atoms with Crippen molar-refractivity contribution in [3.8, 4) is 5.75 Å². The molecule has 0 spiro atoms. The van der Waals surface area contributed by atoms with Crippen LogP contribution in [0.2, 0.25) is 0 Å². The lowest BCUT2D eigenvalue weighted by Gasteiger charge is -2.30. The van der Waals surface area contributed by atoms with Gasteiger partial charge in [0.1, 0.15) is 5.75 Å². The maximum Gasteiger partial charge on any atom is 0.534 e. The Bertz CT molecular complexity index is 1450. The fourth-order valence-electron chi connectivity index (χ4n) is 7.06. The predicted octanol–water partition coefficient (Wildman–Crippen LogP) is 7.89. The average molecular weight is 726 g/mol. The molecule has 5 rings (SSSR count). The molecule has 50 heavy (non-hydrogen) atoms.